The van der Waals surface area contributed by atoms with Gasteiger partial charge in [-0.1, -0.05) is 30.3 Å². The van der Waals surface area contributed by atoms with Crippen LogP contribution in [0.5, 0.6) is 0 Å². The van der Waals surface area contributed by atoms with Gasteiger partial charge >= 0.3 is 0 Å². The maximum atomic E-state index is 12.2. The van der Waals surface area contributed by atoms with Crippen LogP contribution in [0.4, 0.5) is 28.8 Å². The van der Waals surface area contributed by atoms with E-state index in [1.807, 2.05) is 18.2 Å². The van der Waals surface area contributed by atoms with E-state index >= 15 is 0 Å². The molecule has 1 aliphatic rings. The van der Waals surface area contributed by atoms with Crippen molar-refractivity contribution in [3.8, 4) is 0 Å². The van der Waals surface area contributed by atoms with Crippen LogP contribution < -0.4 is 21.3 Å². The largest absolute Gasteiger partial charge is 0.355 e. The first-order chi connectivity index (χ1) is 16.5. The molecule has 4 rings (SSSR count). The fourth-order valence-electron chi connectivity index (χ4n) is 3.93. The quantitative estimate of drug-likeness (QED) is 0.358. The van der Waals surface area contributed by atoms with Crippen molar-refractivity contribution in [1.29, 1.82) is 0 Å². The second-order valence-corrected chi connectivity index (χ2v) is 8.23. The van der Waals surface area contributed by atoms with E-state index in [-0.39, 0.29) is 11.8 Å². The summed E-state index contributed by atoms with van der Waals surface area (Å²) < 4.78 is 0. The molecule has 0 saturated heterocycles. The lowest BCUT2D eigenvalue weighted by atomic mass is 9.90. The second kappa shape index (κ2) is 10.4. The Morgan fingerprint density at radius 3 is 2.68 bits per heavy atom. The van der Waals surface area contributed by atoms with Crippen molar-refractivity contribution in [1.82, 2.24) is 15.3 Å². The highest BCUT2D eigenvalue weighted by molar-refractivity contribution is 6.33. The first-order valence-electron chi connectivity index (χ1n) is 11.0. The number of amides is 2. The number of benzene rings is 2. The molecule has 0 bridgehead atoms. The van der Waals surface area contributed by atoms with Crippen molar-refractivity contribution in [2.75, 3.05) is 23.0 Å². The molecule has 1 aliphatic carbocycles. The minimum atomic E-state index is -0.272. The summed E-state index contributed by atoms with van der Waals surface area (Å²) in [6.45, 7) is 3.52. The highest BCUT2D eigenvalue weighted by atomic mass is 35.5. The van der Waals surface area contributed by atoms with E-state index in [0.29, 0.717) is 33.7 Å². The molecule has 0 fully saturated rings. The summed E-state index contributed by atoms with van der Waals surface area (Å²) in [6.07, 6.45) is 6.78. The van der Waals surface area contributed by atoms with Crippen LogP contribution in [0.15, 0.2) is 55.3 Å². The minimum absolute atomic E-state index is 0.225. The first kappa shape index (κ1) is 23.3. The van der Waals surface area contributed by atoms with Gasteiger partial charge < -0.3 is 21.3 Å². The zero-order chi connectivity index (χ0) is 24.1. The van der Waals surface area contributed by atoms with Gasteiger partial charge in [0.15, 0.2) is 5.82 Å². The summed E-state index contributed by atoms with van der Waals surface area (Å²) in [6, 6.07) is 11.0. The fraction of sp³-hybridized carbons (Fsp3) is 0.200. The molecule has 4 N–H and O–H groups in total. The van der Waals surface area contributed by atoms with Crippen LogP contribution in [0.3, 0.4) is 0 Å². The van der Waals surface area contributed by atoms with Crippen LogP contribution in [0.2, 0.25) is 5.02 Å². The molecule has 0 atom stereocenters. The molecule has 174 valence electrons. The number of anilines is 5. The summed E-state index contributed by atoms with van der Waals surface area (Å²) >= 11 is 6.36. The molecule has 2 amide bonds. The predicted molar refractivity (Wildman–Crippen MR) is 135 cm³/mol. The number of aryl methyl sites for hydroxylation is 1. The molecule has 1 aromatic heterocycles. The number of aromatic nitrogens is 2. The number of hydrogen-bond donors (Lipinski definition) is 4. The Hall–Kier alpha value is -3.91. The summed E-state index contributed by atoms with van der Waals surface area (Å²) in [4.78, 5) is 32.9. The van der Waals surface area contributed by atoms with Crippen molar-refractivity contribution in [3.05, 3.63) is 77.0 Å². The highest BCUT2D eigenvalue weighted by Crippen LogP contribution is 2.34. The van der Waals surface area contributed by atoms with E-state index in [9.17, 15) is 9.59 Å². The first-order valence-corrected chi connectivity index (χ1v) is 11.3. The monoisotopic (exact) mass is 476 g/mol. The Balaban J connectivity index is 1.66. The molecule has 2 aromatic carbocycles. The number of nitrogens with zero attached hydrogens (tertiary/aromatic N) is 2. The molecule has 34 heavy (non-hydrogen) atoms. The summed E-state index contributed by atoms with van der Waals surface area (Å²) in [5.41, 5.74) is 4.91. The third-order valence-electron chi connectivity index (χ3n) is 5.56. The molecule has 1 heterocycles. The van der Waals surface area contributed by atoms with Crippen LogP contribution in [0, 0.1) is 0 Å². The van der Waals surface area contributed by atoms with Crippen molar-refractivity contribution in [2.24, 2.45) is 0 Å². The van der Waals surface area contributed by atoms with Crippen LogP contribution in [0.1, 0.15) is 34.3 Å². The predicted octanol–water partition coefficient (Wildman–Crippen LogP) is 4.98. The lowest BCUT2D eigenvalue weighted by molar-refractivity contribution is -0.111. The van der Waals surface area contributed by atoms with Crippen molar-refractivity contribution in [2.45, 2.75) is 25.7 Å². The number of hydrogen-bond acceptors (Lipinski definition) is 6. The lowest BCUT2D eigenvalue weighted by Gasteiger charge is -2.22. The maximum Gasteiger partial charge on any atom is 0.253 e. The Kier molecular flexibility index (Phi) is 7.08. The molecule has 9 heteroatoms. The van der Waals surface area contributed by atoms with Gasteiger partial charge in [-0.3, -0.25) is 9.59 Å². The number of carbonyl (C=O) groups is 2. The van der Waals surface area contributed by atoms with Gasteiger partial charge in [0.1, 0.15) is 5.02 Å². The van der Waals surface area contributed by atoms with E-state index < -0.39 is 0 Å². The number of nitrogens with one attached hydrogen (secondary N) is 4. The number of para-hydroxylation sites is 1. The van der Waals surface area contributed by atoms with E-state index in [4.69, 9.17) is 11.6 Å². The molecular weight excluding hydrogens is 452 g/mol. The van der Waals surface area contributed by atoms with E-state index in [0.717, 1.165) is 31.4 Å². The standard InChI is InChI=1S/C25H25ClN6O2/c1-3-22(33)29-16-12-15-8-4-5-9-17(15)21(13-16)31-25-28-14-19(26)23(32-25)30-20-11-7-6-10-18(20)24(34)27-2/h3,6-7,10-14H,1,4-5,8-9H2,2H3,(H,27,34)(H,29,33)(H2,28,30,31,32). The number of carbonyl (C=O) groups excluding carboxylic acids is 2. The Bertz CT molecular complexity index is 1260. The lowest BCUT2D eigenvalue weighted by Crippen LogP contribution is -2.19. The van der Waals surface area contributed by atoms with Gasteiger partial charge in [-0.15, -0.1) is 0 Å². The van der Waals surface area contributed by atoms with Gasteiger partial charge in [0.05, 0.1) is 17.4 Å². The van der Waals surface area contributed by atoms with Crippen molar-refractivity contribution >= 4 is 52.2 Å². The Labute approximate surface area is 202 Å². The molecular formula is C25H25ClN6O2. The van der Waals surface area contributed by atoms with Gasteiger partial charge in [0.2, 0.25) is 11.9 Å². The van der Waals surface area contributed by atoms with Crippen LogP contribution in [0.25, 0.3) is 0 Å². The zero-order valence-corrected chi connectivity index (χ0v) is 19.5. The molecule has 0 aliphatic heterocycles. The molecule has 0 saturated carbocycles. The average Bonchev–Trinajstić information content (AvgIpc) is 2.85. The average molecular weight is 477 g/mol. The van der Waals surface area contributed by atoms with E-state index in [1.165, 1.54) is 23.4 Å². The van der Waals surface area contributed by atoms with Crippen LogP contribution in [-0.4, -0.2) is 28.8 Å². The SMILES string of the molecule is C=CC(=O)Nc1cc2c(c(Nc3ncc(Cl)c(Nc4ccccc4C(=O)NC)n3)c1)CCCC2. The molecule has 3 aromatic rings. The third-order valence-corrected chi connectivity index (χ3v) is 5.84. The van der Waals surface area contributed by atoms with Gasteiger partial charge in [-0.25, -0.2) is 4.98 Å². The van der Waals surface area contributed by atoms with E-state index in [1.54, 1.807) is 25.2 Å². The fourth-order valence-corrected chi connectivity index (χ4v) is 4.07. The Morgan fingerprint density at radius 2 is 1.88 bits per heavy atom. The molecule has 0 unspecified atom stereocenters. The van der Waals surface area contributed by atoms with Crippen molar-refractivity contribution < 1.29 is 9.59 Å². The van der Waals surface area contributed by atoms with Crippen LogP contribution >= 0.6 is 11.6 Å². The third kappa shape index (κ3) is 5.18. The van der Waals surface area contributed by atoms with E-state index in [2.05, 4.69) is 37.8 Å². The molecule has 0 spiro atoms. The van der Waals surface area contributed by atoms with Gasteiger partial charge in [-0.2, -0.15) is 4.98 Å². The second-order valence-electron chi connectivity index (χ2n) is 7.83. The Morgan fingerprint density at radius 1 is 1.09 bits per heavy atom. The summed E-state index contributed by atoms with van der Waals surface area (Å²) in [5, 5.41) is 12.2. The normalized spacial score (nSPS) is 12.3. The smallest absolute Gasteiger partial charge is 0.253 e. The summed E-state index contributed by atoms with van der Waals surface area (Å²) in [5.74, 6) is 0.201. The highest BCUT2D eigenvalue weighted by Gasteiger charge is 2.18. The van der Waals surface area contributed by atoms with Gasteiger partial charge in [0.25, 0.3) is 5.91 Å². The van der Waals surface area contributed by atoms with Gasteiger partial charge in [-0.05, 0) is 67.2 Å². The number of halogens is 1. The zero-order valence-electron chi connectivity index (χ0n) is 18.7. The number of fused-ring (bicyclic) bond motifs is 1. The van der Waals surface area contributed by atoms with Crippen LogP contribution in [-0.2, 0) is 17.6 Å². The number of rotatable bonds is 7. The molecule has 8 nitrogen and oxygen atoms in total. The molecule has 0 radical (unpaired) electrons. The summed E-state index contributed by atoms with van der Waals surface area (Å²) in [7, 11) is 1.57. The van der Waals surface area contributed by atoms with Gasteiger partial charge in [0, 0.05) is 18.4 Å². The maximum absolute atomic E-state index is 12.2. The topological polar surface area (TPSA) is 108 Å². The van der Waals surface area contributed by atoms with Crippen molar-refractivity contribution in [3.63, 3.8) is 0 Å². The minimum Gasteiger partial charge on any atom is -0.355 e.